The zero-order valence-corrected chi connectivity index (χ0v) is 21.1. The summed E-state index contributed by atoms with van der Waals surface area (Å²) in [6.45, 7) is -0.297. The van der Waals surface area contributed by atoms with Gasteiger partial charge in [0, 0.05) is 36.4 Å². The first-order valence-corrected chi connectivity index (χ1v) is 12.9. The third-order valence-electron chi connectivity index (χ3n) is 6.93. The van der Waals surface area contributed by atoms with Crippen LogP contribution in [0.5, 0.6) is 11.5 Å². The first kappa shape index (κ1) is 26.7. The molecule has 0 bridgehead atoms. The van der Waals surface area contributed by atoms with Gasteiger partial charge in [-0.2, -0.15) is 13.2 Å². The summed E-state index contributed by atoms with van der Waals surface area (Å²) in [7, 11) is 0. The molecule has 3 N–H and O–H groups in total. The van der Waals surface area contributed by atoms with Gasteiger partial charge in [0.25, 0.3) is 0 Å². The maximum Gasteiger partial charge on any atom is 0.416 e. The van der Waals surface area contributed by atoms with Gasteiger partial charge in [-0.1, -0.05) is 6.07 Å². The number of halogens is 3. The minimum atomic E-state index is -4.57. The summed E-state index contributed by atoms with van der Waals surface area (Å²) in [6.07, 6.45) is 0.453. The summed E-state index contributed by atoms with van der Waals surface area (Å²) in [5, 5.41) is 14.6. The van der Waals surface area contributed by atoms with Crippen LogP contribution in [-0.4, -0.2) is 28.5 Å². The molecule has 5 rings (SSSR count). The van der Waals surface area contributed by atoms with E-state index in [1.165, 1.54) is 6.07 Å². The number of nitrogens with zero attached hydrogens (tertiary/aromatic N) is 1. The SMILES string of the molecule is O=C(Nc1cc(CCO)cc(C(F)(F)F)c1)C1CCc2ccc(Oc3ccnc(NC(=O)C4CC4)c3)cc2C1. The number of carbonyl (C=O) groups is 2. The fourth-order valence-corrected chi connectivity index (χ4v) is 4.72. The summed E-state index contributed by atoms with van der Waals surface area (Å²) >= 11 is 0. The number of fused-ring (bicyclic) bond motifs is 1. The number of pyridine rings is 1. The Balaban J connectivity index is 1.26. The van der Waals surface area contributed by atoms with Gasteiger partial charge in [0.2, 0.25) is 11.8 Å². The fraction of sp³-hybridized carbons (Fsp3) is 0.345. The van der Waals surface area contributed by atoms with E-state index >= 15 is 0 Å². The zero-order chi connectivity index (χ0) is 27.6. The van der Waals surface area contributed by atoms with E-state index in [2.05, 4.69) is 15.6 Å². The standard InChI is InChI=1S/C29H28F3N3O4/c30-29(31,32)22-11-17(8-10-36)12-23(15-22)34-28(38)20-4-1-18-5-6-24(14-21(18)13-20)39-25-7-9-33-26(16-25)35-27(37)19-2-3-19/h5-7,9,11-12,14-16,19-20,36H,1-4,8,10,13H2,(H,34,38)(H,33,35,37). The summed E-state index contributed by atoms with van der Waals surface area (Å²) in [6, 6.07) is 12.3. The van der Waals surface area contributed by atoms with Crippen LogP contribution in [0, 0.1) is 11.8 Å². The van der Waals surface area contributed by atoms with Gasteiger partial charge in [0.05, 0.1) is 5.56 Å². The lowest BCUT2D eigenvalue weighted by Crippen LogP contribution is -2.28. The van der Waals surface area contributed by atoms with Gasteiger partial charge in [-0.15, -0.1) is 0 Å². The molecule has 10 heteroatoms. The van der Waals surface area contributed by atoms with Crippen LogP contribution in [0.2, 0.25) is 0 Å². The Morgan fingerprint density at radius 3 is 2.44 bits per heavy atom. The molecule has 1 unspecified atom stereocenters. The van der Waals surface area contributed by atoms with Gasteiger partial charge in [-0.25, -0.2) is 4.98 Å². The normalized spacial score (nSPS) is 16.8. The van der Waals surface area contributed by atoms with E-state index in [0.717, 1.165) is 36.1 Å². The Morgan fingerprint density at radius 1 is 0.923 bits per heavy atom. The second-order valence-electron chi connectivity index (χ2n) is 9.99. The average Bonchev–Trinajstić information content (AvgIpc) is 3.74. The number of hydrogen-bond donors (Lipinski definition) is 3. The van der Waals surface area contributed by atoms with Crippen LogP contribution in [0.3, 0.4) is 0 Å². The van der Waals surface area contributed by atoms with Crippen LogP contribution in [0.4, 0.5) is 24.7 Å². The monoisotopic (exact) mass is 539 g/mol. The van der Waals surface area contributed by atoms with Gasteiger partial charge in [-0.3, -0.25) is 9.59 Å². The molecule has 1 atom stereocenters. The molecule has 39 heavy (non-hydrogen) atoms. The van der Waals surface area contributed by atoms with Crippen LogP contribution < -0.4 is 15.4 Å². The molecule has 0 saturated heterocycles. The van der Waals surface area contributed by atoms with Gasteiger partial charge >= 0.3 is 6.18 Å². The number of rotatable bonds is 8. The number of carbonyl (C=O) groups excluding carboxylic acids is 2. The zero-order valence-electron chi connectivity index (χ0n) is 21.1. The Bertz CT molecular complexity index is 1390. The number of aromatic nitrogens is 1. The van der Waals surface area contributed by atoms with E-state index in [1.807, 2.05) is 18.2 Å². The number of ether oxygens (including phenoxy) is 1. The van der Waals surface area contributed by atoms with Crippen LogP contribution >= 0.6 is 0 Å². The van der Waals surface area contributed by atoms with Crippen LogP contribution in [0.15, 0.2) is 54.7 Å². The molecular weight excluding hydrogens is 511 g/mol. The van der Waals surface area contributed by atoms with Gasteiger partial charge in [-0.05, 0) is 91.6 Å². The minimum absolute atomic E-state index is 0.0486. The molecule has 3 aromatic rings. The van der Waals surface area contributed by atoms with Crippen molar-refractivity contribution in [1.29, 1.82) is 0 Å². The third kappa shape index (κ3) is 6.75. The van der Waals surface area contributed by atoms with Crippen molar-refractivity contribution in [3.05, 3.63) is 77.0 Å². The van der Waals surface area contributed by atoms with E-state index in [1.54, 1.807) is 18.3 Å². The second-order valence-corrected chi connectivity index (χ2v) is 9.99. The Hall–Kier alpha value is -3.92. The largest absolute Gasteiger partial charge is 0.457 e. The van der Waals surface area contributed by atoms with Crippen LogP contribution in [0.1, 0.15) is 41.5 Å². The molecule has 7 nitrogen and oxygen atoms in total. The van der Waals surface area contributed by atoms with Crippen molar-refractivity contribution < 1.29 is 32.6 Å². The van der Waals surface area contributed by atoms with Crippen molar-refractivity contribution in [2.45, 2.75) is 44.7 Å². The molecule has 1 aromatic heterocycles. The van der Waals surface area contributed by atoms with Gasteiger partial charge in [0.1, 0.15) is 17.3 Å². The predicted molar refractivity (Wildman–Crippen MR) is 138 cm³/mol. The molecule has 0 aliphatic heterocycles. The number of benzene rings is 2. The predicted octanol–water partition coefficient (Wildman–Crippen LogP) is 5.52. The van der Waals surface area contributed by atoms with Crippen LogP contribution in [0.25, 0.3) is 0 Å². The van der Waals surface area contributed by atoms with Crippen molar-refractivity contribution in [2.24, 2.45) is 11.8 Å². The van der Waals surface area contributed by atoms with E-state index in [4.69, 9.17) is 4.74 Å². The Kier molecular flexibility index (Phi) is 7.56. The molecule has 1 fully saturated rings. The second kappa shape index (κ2) is 11.1. The molecule has 1 heterocycles. The number of anilines is 2. The maximum absolute atomic E-state index is 13.3. The highest BCUT2D eigenvalue weighted by Gasteiger charge is 2.32. The van der Waals surface area contributed by atoms with Crippen molar-refractivity contribution >= 4 is 23.3 Å². The first-order chi connectivity index (χ1) is 18.7. The molecule has 204 valence electrons. The number of aryl methyl sites for hydroxylation is 1. The quantitative estimate of drug-likeness (QED) is 0.350. The van der Waals surface area contributed by atoms with Crippen molar-refractivity contribution in [3.8, 4) is 11.5 Å². The topological polar surface area (TPSA) is 101 Å². The number of hydrogen-bond acceptors (Lipinski definition) is 5. The third-order valence-corrected chi connectivity index (χ3v) is 6.93. The number of alkyl halides is 3. The maximum atomic E-state index is 13.3. The number of nitrogens with one attached hydrogen (secondary N) is 2. The van der Waals surface area contributed by atoms with Crippen molar-refractivity contribution in [2.75, 3.05) is 17.2 Å². The molecule has 1 saturated carbocycles. The van der Waals surface area contributed by atoms with E-state index in [9.17, 15) is 27.9 Å². The smallest absolute Gasteiger partial charge is 0.416 e. The van der Waals surface area contributed by atoms with Crippen molar-refractivity contribution in [3.63, 3.8) is 0 Å². The highest BCUT2D eigenvalue weighted by molar-refractivity contribution is 5.93. The molecule has 2 aliphatic carbocycles. The lowest BCUT2D eigenvalue weighted by Gasteiger charge is -2.25. The average molecular weight is 540 g/mol. The van der Waals surface area contributed by atoms with E-state index < -0.39 is 17.7 Å². The fourth-order valence-electron chi connectivity index (χ4n) is 4.72. The van der Waals surface area contributed by atoms with E-state index in [-0.39, 0.29) is 36.4 Å². The van der Waals surface area contributed by atoms with Crippen LogP contribution in [-0.2, 0) is 35.0 Å². The lowest BCUT2D eigenvalue weighted by molar-refractivity contribution is -0.137. The van der Waals surface area contributed by atoms with Crippen molar-refractivity contribution in [1.82, 2.24) is 4.98 Å². The summed E-state index contributed by atoms with van der Waals surface area (Å²) in [5.74, 6) is 0.707. The molecule has 2 aromatic carbocycles. The molecule has 2 aliphatic rings. The Labute approximate surface area is 223 Å². The molecule has 0 radical (unpaired) electrons. The molecular formula is C29H28F3N3O4. The molecule has 2 amide bonds. The van der Waals surface area contributed by atoms with E-state index in [0.29, 0.717) is 42.1 Å². The Morgan fingerprint density at radius 2 is 1.69 bits per heavy atom. The summed E-state index contributed by atoms with van der Waals surface area (Å²) in [5.41, 5.74) is 1.50. The highest BCUT2D eigenvalue weighted by atomic mass is 19.4. The number of aliphatic hydroxyl groups is 1. The number of aliphatic hydroxyl groups excluding tert-OH is 1. The van der Waals surface area contributed by atoms with Gasteiger partial charge in [0.15, 0.2) is 0 Å². The summed E-state index contributed by atoms with van der Waals surface area (Å²) in [4.78, 5) is 29.2. The highest BCUT2D eigenvalue weighted by Crippen LogP contribution is 2.35. The number of amides is 2. The minimum Gasteiger partial charge on any atom is -0.457 e. The molecule has 0 spiro atoms. The van der Waals surface area contributed by atoms with Gasteiger partial charge < -0.3 is 20.5 Å². The first-order valence-electron chi connectivity index (χ1n) is 12.9. The summed E-state index contributed by atoms with van der Waals surface area (Å²) < 4.78 is 46.0. The lowest BCUT2D eigenvalue weighted by atomic mass is 9.83.